The van der Waals surface area contributed by atoms with Gasteiger partial charge in [-0.05, 0) is 47.5 Å². The maximum atomic E-state index is 12.9. The van der Waals surface area contributed by atoms with Crippen LogP contribution in [0.2, 0.25) is 0 Å². The second-order valence-corrected chi connectivity index (χ2v) is 7.78. The van der Waals surface area contributed by atoms with Gasteiger partial charge in [0.2, 0.25) is 0 Å². The van der Waals surface area contributed by atoms with Crippen molar-refractivity contribution in [1.29, 1.82) is 0 Å². The predicted octanol–water partition coefficient (Wildman–Crippen LogP) is 5.49. The van der Waals surface area contributed by atoms with E-state index in [0.717, 1.165) is 12.0 Å². The first kappa shape index (κ1) is 22.8. The Labute approximate surface area is 199 Å². The molecule has 4 rings (SSSR count). The topological polar surface area (TPSA) is 67.4 Å². The molecule has 2 amide bonds. The van der Waals surface area contributed by atoms with Crippen molar-refractivity contribution in [1.82, 2.24) is 5.32 Å². The Morgan fingerprint density at radius 3 is 1.97 bits per heavy atom. The van der Waals surface area contributed by atoms with Gasteiger partial charge in [0.05, 0.1) is 12.2 Å². The van der Waals surface area contributed by atoms with Gasteiger partial charge < -0.3 is 15.4 Å². The van der Waals surface area contributed by atoms with Gasteiger partial charge in [0.1, 0.15) is 5.75 Å². The van der Waals surface area contributed by atoms with Crippen molar-refractivity contribution in [3.05, 3.63) is 131 Å². The summed E-state index contributed by atoms with van der Waals surface area (Å²) in [6.07, 6.45) is 0.755. The Morgan fingerprint density at radius 1 is 0.647 bits per heavy atom. The fraction of sp³-hybridized carbons (Fsp3) is 0.103. The molecule has 4 aromatic carbocycles. The third-order valence-electron chi connectivity index (χ3n) is 5.32. The third kappa shape index (κ3) is 6.33. The number of anilines is 1. The van der Waals surface area contributed by atoms with Gasteiger partial charge in [-0.2, -0.15) is 0 Å². The molecule has 5 heteroatoms. The van der Waals surface area contributed by atoms with E-state index in [1.54, 1.807) is 42.5 Å². The van der Waals surface area contributed by atoms with Gasteiger partial charge >= 0.3 is 0 Å². The molecular weight excluding hydrogens is 424 g/mol. The molecule has 0 saturated carbocycles. The van der Waals surface area contributed by atoms with E-state index in [1.807, 2.05) is 66.7 Å². The number of nitrogens with one attached hydrogen (secondary N) is 2. The molecule has 0 heterocycles. The minimum absolute atomic E-state index is 0.168. The van der Waals surface area contributed by atoms with Crippen LogP contribution in [-0.4, -0.2) is 18.4 Å². The Bertz CT molecular complexity index is 1220. The molecule has 0 atom stereocenters. The van der Waals surface area contributed by atoms with Crippen LogP contribution in [0.25, 0.3) is 0 Å². The molecular formula is C29H26N2O3. The summed E-state index contributed by atoms with van der Waals surface area (Å²) in [5, 5.41) is 5.78. The minimum atomic E-state index is -0.267. The summed E-state index contributed by atoms with van der Waals surface area (Å²) in [5.41, 5.74) is 3.80. The van der Waals surface area contributed by atoms with Crippen molar-refractivity contribution in [2.24, 2.45) is 0 Å². The quantitative estimate of drug-likeness (QED) is 0.354. The molecule has 0 aliphatic carbocycles. The molecule has 0 radical (unpaired) electrons. The summed E-state index contributed by atoms with van der Waals surface area (Å²) in [4.78, 5) is 25.3. The second-order valence-electron chi connectivity index (χ2n) is 7.78. The standard InChI is InChI=1S/C29H26N2O3/c32-28(30-21-23-11-5-2-6-12-23)24-15-17-25(18-16-24)31-29(33)26-13-7-8-14-27(26)34-20-19-22-9-3-1-4-10-22/h1-18H,19-21H2,(H,30,32)(H,31,33). The maximum Gasteiger partial charge on any atom is 0.259 e. The van der Waals surface area contributed by atoms with Crippen molar-refractivity contribution in [3.8, 4) is 5.75 Å². The highest BCUT2D eigenvalue weighted by Crippen LogP contribution is 2.20. The van der Waals surface area contributed by atoms with Crippen LogP contribution < -0.4 is 15.4 Å². The first-order valence-electron chi connectivity index (χ1n) is 11.2. The molecule has 0 spiro atoms. The van der Waals surface area contributed by atoms with Crippen molar-refractivity contribution in [2.75, 3.05) is 11.9 Å². The molecule has 34 heavy (non-hydrogen) atoms. The van der Waals surface area contributed by atoms with Crippen molar-refractivity contribution >= 4 is 17.5 Å². The summed E-state index contributed by atoms with van der Waals surface area (Å²) in [5.74, 6) is 0.100. The monoisotopic (exact) mass is 450 g/mol. The highest BCUT2D eigenvalue weighted by Gasteiger charge is 2.13. The Hall–Kier alpha value is -4.38. The molecule has 0 aromatic heterocycles. The summed E-state index contributed by atoms with van der Waals surface area (Å²) >= 11 is 0. The number of rotatable bonds is 9. The van der Waals surface area contributed by atoms with Crippen LogP contribution in [0.3, 0.4) is 0 Å². The normalized spacial score (nSPS) is 10.4. The number of hydrogen-bond donors (Lipinski definition) is 2. The molecule has 0 fully saturated rings. The smallest absolute Gasteiger partial charge is 0.259 e. The molecule has 170 valence electrons. The van der Waals surface area contributed by atoms with Gasteiger partial charge in [-0.25, -0.2) is 0 Å². The van der Waals surface area contributed by atoms with Gasteiger partial charge in [0, 0.05) is 24.2 Å². The van der Waals surface area contributed by atoms with Gasteiger partial charge in [-0.3, -0.25) is 9.59 Å². The number of amides is 2. The van der Waals surface area contributed by atoms with E-state index in [1.165, 1.54) is 5.56 Å². The first-order valence-corrected chi connectivity index (χ1v) is 11.2. The number of carbonyl (C=O) groups is 2. The van der Waals surface area contributed by atoms with Crippen LogP contribution in [0.4, 0.5) is 5.69 Å². The van der Waals surface area contributed by atoms with Gasteiger partial charge in [0.15, 0.2) is 0 Å². The zero-order valence-electron chi connectivity index (χ0n) is 18.7. The zero-order valence-corrected chi connectivity index (χ0v) is 18.7. The molecule has 0 aliphatic heterocycles. The van der Waals surface area contributed by atoms with Crippen LogP contribution in [-0.2, 0) is 13.0 Å². The van der Waals surface area contributed by atoms with Crippen molar-refractivity contribution in [3.63, 3.8) is 0 Å². The summed E-state index contributed by atoms with van der Waals surface area (Å²) in [6, 6.07) is 33.8. The Balaban J connectivity index is 1.33. The lowest BCUT2D eigenvalue weighted by molar-refractivity contribution is 0.0950. The highest BCUT2D eigenvalue weighted by atomic mass is 16.5. The number of para-hydroxylation sites is 1. The van der Waals surface area contributed by atoms with Crippen LogP contribution >= 0.6 is 0 Å². The van der Waals surface area contributed by atoms with E-state index >= 15 is 0 Å². The predicted molar refractivity (Wildman–Crippen MR) is 134 cm³/mol. The number of hydrogen-bond acceptors (Lipinski definition) is 3. The second kappa shape index (κ2) is 11.5. The summed E-state index contributed by atoms with van der Waals surface area (Å²) in [6.45, 7) is 0.931. The molecule has 0 bridgehead atoms. The number of benzene rings is 4. The lowest BCUT2D eigenvalue weighted by Crippen LogP contribution is -2.22. The molecule has 0 unspecified atom stereocenters. The maximum absolute atomic E-state index is 12.9. The summed E-state index contributed by atoms with van der Waals surface area (Å²) < 4.78 is 5.90. The van der Waals surface area contributed by atoms with E-state index < -0.39 is 0 Å². The molecule has 0 saturated heterocycles. The average Bonchev–Trinajstić information content (AvgIpc) is 2.89. The van der Waals surface area contributed by atoms with Gasteiger partial charge in [-0.1, -0.05) is 72.8 Å². The third-order valence-corrected chi connectivity index (χ3v) is 5.32. The van der Waals surface area contributed by atoms with E-state index in [4.69, 9.17) is 4.74 Å². The number of ether oxygens (including phenoxy) is 1. The molecule has 2 N–H and O–H groups in total. The fourth-order valence-corrected chi connectivity index (χ4v) is 3.49. The van der Waals surface area contributed by atoms with Gasteiger partial charge in [-0.15, -0.1) is 0 Å². The highest BCUT2D eigenvalue weighted by molar-refractivity contribution is 6.06. The van der Waals surface area contributed by atoms with Crippen LogP contribution in [0.15, 0.2) is 109 Å². The first-order chi connectivity index (χ1) is 16.7. The lowest BCUT2D eigenvalue weighted by atomic mass is 10.1. The Kier molecular flexibility index (Phi) is 7.70. The number of carbonyl (C=O) groups excluding carboxylic acids is 2. The van der Waals surface area contributed by atoms with E-state index in [-0.39, 0.29) is 11.8 Å². The van der Waals surface area contributed by atoms with E-state index in [0.29, 0.717) is 35.7 Å². The molecule has 0 aliphatic rings. The Morgan fingerprint density at radius 2 is 1.26 bits per heavy atom. The van der Waals surface area contributed by atoms with Crippen LogP contribution in [0.5, 0.6) is 5.75 Å². The molecule has 4 aromatic rings. The average molecular weight is 451 g/mol. The van der Waals surface area contributed by atoms with Crippen LogP contribution in [0, 0.1) is 0 Å². The van der Waals surface area contributed by atoms with Gasteiger partial charge in [0.25, 0.3) is 11.8 Å². The lowest BCUT2D eigenvalue weighted by Gasteiger charge is -2.12. The zero-order chi connectivity index (χ0) is 23.6. The van der Waals surface area contributed by atoms with Crippen molar-refractivity contribution < 1.29 is 14.3 Å². The molecule has 5 nitrogen and oxygen atoms in total. The van der Waals surface area contributed by atoms with E-state index in [2.05, 4.69) is 10.6 Å². The van der Waals surface area contributed by atoms with E-state index in [9.17, 15) is 9.59 Å². The van der Waals surface area contributed by atoms with Crippen molar-refractivity contribution in [2.45, 2.75) is 13.0 Å². The minimum Gasteiger partial charge on any atom is -0.492 e. The fourth-order valence-electron chi connectivity index (χ4n) is 3.49. The van der Waals surface area contributed by atoms with Crippen LogP contribution in [0.1, 0.15) is 31.8 Å². The SMILES string of the molecule is O=C(NCc1ccccc1)c1ccc(NC(=O)c2ccccc2OCCc2ccccc2)cc1. The largest absolute Gasteiger partial charge is 0.492 e. The summed E-state index contributed by atoms with van der Waals surface area (Å²) in [7, 11) is 0.